The van der Waals surface area contributed by atoms with Crippen molar-refractivity contribution in [1.82, 2.24) is 9.80 Å². The molecule has 2 rings (SSSR count). The molecule has 1 heterocycles. The maximum atomic E-state index is 12.2. The molecular weight excluding hydrogens is 226 g/mol. The fourth-order valence-electron chi connectivity index (χ4n) is 2.66. The lowest BCUT2D eigenvalue weighted by molar-refractivity contribution is -0.134. The maximum Gasteiger partial charge on any atom is 0.239 e. The third-order valence-corrected chi connectivity index (χ3v) is 3.94. The second kappa shape index (κ2) is 6.02. The van der Waals surface area contributed by atoms with Crippen molar-refractivity contribution >= 4 is 5.91 Å². The number of nitrogens with zero attached hydrogens (tertiary/aromatic N) is 2. The van der Waals surface area contributed by atoms with Crippen LogP contribution in [0.25, 0.3) is 0 Å². The van der Waals surface area contributed by atoms with Gasteiger partial charge in [0, 0.05) is 32.7 Å². The molecule has 104 valence electrons. The minimum Gasteiger partial charge on any atom is -0.339 e. The summed E-state index contributed by atoms with van der Waals surface area (Å²) in [6.45, 7) is 9.23. The first-order valence-electron chi connectivity index (χ1n) is 7.33. The van der Waals surface area contributed by atoms with Crippen molar-refractivity contribution in [3.63, 3.8) is 0 Å². The minimum absolute atomic E-state index is 0.148. The first-order chi connectivity index (χ1) is 8.56. The van der Waals surface area contributed by atoms with Crippen molar-refractivity contribution in [2.24, 2.45) is 17.6 Å². The molecule has 1 aliphatic heterocycles. The molecule has 0 unspecified atom stereocenters. The zero-order chi connectivity index (χ0) is 13.1. The number of carbonyl (C=O) groups is 1. The van der Waals surface area contributed by atoms with Crippen LogP contribution >= 0.6 is 0 Å². The second-order valence-electron chi connectivity index (χ2n) is 6.31. The first kappa shape index (κ1) is 13.8. The van der Waals surface area contributed by atoms with Crippen LogP contribution in [0.3, 0.4) is 0 Å². The van der Waals surface area contributed by atoms with Crippen LogP contribution in [0.15, 0.2) is 0 Å². The highest BCUT2D eigenvalue weighted by Crippen LogP contribution is 2.29. The van der Waals surface area contributed by atoms with Gasteiger partial charge in [-0.3, -0.25) is 9.69 Å². The zero-order valence-electron chi connectivity index (χ0n) is 11.8. The Balaban J connectivity index is 1.72. The predicted octanol–water partition coefficient (Wildman–Crippen LogP) is 0.914. The van der Waals surface area contributed by atoms with E-state index in [1.165, 1.54) is 19.4 Å². The third-order valence-electron chi connectivity index (χ3n) is 3.94. The highest BCUT2D eigenvalue weighted by atomic mass is 16.2. The number of carbonyl (C=O) groups excluding carboxylic acids is 1. The molecule has 18 heavy (non-hydrogen) atoms. The third kappa shape index (κ3) is 3.95. The van der Waals surface area contributed by atoms with Crippen molar-refractivity contribution in [2.45, 2.75) is 39.2 Å². The summed E-state index contributed by atoms with van der Waals surface area (Å²) in [6.07, 6.45) is 3.60. The van der Waals surface area contributed by atoms with Crippen molar-refractivity contribution in [1.29, 1.82) is 0 Å². The van der Waals surface area contributed by atoms with Gasteiger partial charge in [-0.25, -0.2) is 0 Å². The Morgan fingerprint density at radius 3 is 2.33 bits per heavy atom. The lowest BCUT2D eigenvalue weighted by Crippen LogP contribution is -2.53. The highest BCUT2D eigenvalue weighted by molar-refractivity contribution is 5.81. The summed E-state index contributed by atoms with van der Waals surface area (Å²) < 4.78 is 0. The molecule has 1 saturated carbocycles. The van der Waals surface area contributed by atoms with Gasteiger partial charge < -0.3 is 10.6 Å². The molecule has 0 aromatic carbocycles. The zero-order valence-corrected chi connectivity index (χ0v) is 11.8. The van der Waals surface area contributed by atoms with Crippen LogP contribution in [0, 0.1) is 11.8 Å². The van der Waals surface area contributed by atoms with E-state index in [2.05, 4.69) is 18.7 Å². The van der Waals surface area contributed by atoms with Crippen molar-refractivity contribution in [3.8, 4) is 0 Å². The summed E-state index contributed by atoms with van der Waals surface area (Å²) >= 11 is 0. The van der Waals surface area contributed by atoms with Gasteiger partial charge in [0.05, 0.1) is 6.04 Å². The van der Waals surface area contributed by atoms with Gasteiger partial charge in [0.1, 0.15) is 0 Å². The van der Waals surface area contributed by atoms with Crippen LogP contribution in [-0.4, -0.2) is 54.5 Å². The molecule has 4 nitrogen and oxygen atoms in total. The van der Waals surface area contributed by atoms with Gasteiger partial charge in [-0.15, -0.1) is 0 Å². The monoisotopic (exact) mass is 253 g/mol. The summed E-state index contributed by atoms with van der Waals surface area (Å²) in [5, 5.41) is 0. The lowest BCUT2D eigenvalue weighted by Gasteiger charge is -2.36. The topological polar surface area (TPSA) is 49.6 Å². The minimum atomic E-state index is -0.306. The van der Waals surface area contributed by atoms with Crippen molar-refractivity contribution in [3.05, 3.63) is 0 Å². The van der Waals surface area contributed by atoms with E-state index < -0.39 is 0 Å². The molecule has 0 aromatic heterocycles. The van der Waals surface area contributed by atoms with Crippen molar-refractivity contribution in [2.75, 3.05) is 32.7 Å². The molecule has 1 atom stereocenters. The number of rotatable bonds is 5. The molecule has 0 aromatic rings. The summed E-state index contributed by atoms with van der Waals surface area (Å²) in [4.78, 5) is 16.6. The van der Waals surface area contributed by atoms with Gasteiger partial charge in [0.2, 0.25) is 5.91 Å². The van der Waals surface area contributed by atoms with Crippen LogP contribution in [0.4, 0.5) is 0 Å². The fraction of sp³-hybridized carbons (Fsp3) is 0.929. The standard InChI is InChI=1S/C14H27N3O/c1-11(2)9-13(15)14(18)17-7-5-16(6-8-17)10-12-3-4-12/h11-13H,3-10,15H2,1-2H3/t13-/m0/s1. The van der Waals surface area contributed by atoms with Crippen LogP contribution in [0.2, 0.25) is 0 Å². The summed E-state index contributed by atoms with van der Waals surface area (Å²) in [5.74, 6) is 1.57. The normalized spacial score (nSPS) is 23.4. The van der Waals surface area contributed by atoms with Crippen molar-refractivity contribution < 1.29 is 4.79 Å². The molecule has 0 spiro atoms. The summed E-state index contributed by atoms with van der Waals surface area (Å²) in [5.41, 5.74) is 5.97. The van der Waals surface area contributed by atoms with E-state index in [9.17, 15) is 4.79 Å². The van der Waals surface area contributed by atoms with Gasteiger partial charge in [0.15, 0.2) is 0 Å². The Hall–Kier alpha value is -0.610. The average Bonchev–Trinajstić information content (AvgIpc) is 3.12. The molecule has 1 amide bonds. The van der Waals surface area contributed by atoms with E-state index in [0.717, 1.165) is 38.5 Å². The predicted molar refractivity (Wildman–Crippen MR) is 73.2 cm³/mol. The Labute approximate surface area is 110 Å². The molecule has 1 saturated heterocycles. The molecule has 2 N–H and O–H groups in total. The highest BCUT2D eigenvalue weighted by Gasteiger charge is 2.29. The van der Waals surface area contributed by atoms with Gasteiger partial charge >= 0.3 is 0 Å². The molecule has 0 bridgehead atoms. The summed E-state index contributed by atoms with van der Waals surface area (Å²) in [6, 6.07) is -0.306. The molecule has 2 fully saturated rings. The van der Waals surface area contributed by atoms with Crippen LogP contribution < -0.4 is 5.73 Å². The number of hydrogen-bond donors (Lipinski definition) is 1. The molecule has 1 aliphatic carbocycles. The van der Waals surface area contributed by atoms with E-state index in [4.69, 9.17) is 5.73 Å². The SMILES string of the molecule is CC(C)C[C@H](N)C(=O)N1CCN(CC2CC2)CC1. The molecular formula is C14H27N3O. The van der Waals surface area contributed by atoms with Gasteiger partial charge in [-0.05, 0) is 31.1 Å². The fourth-order valence-corrected chi connectivity index (χ4v) is 2.66. The van der Waals surface area contributed by atoms with E-state index >= 15 is 0 Å². The number of amides is 1. The Morgan fingerprint density at radius 1 is 1.22 bits per heavy atom. The van der Waals surface area contributed by atoms with Gasteiger partial charge in [-0.2, -0.15) is 0 Å². The van der Waals surface area contributed by atoms with E-state index in [0.29, 0.717) is 5.92 Å². The summed E-state index contributed by atoms with van der Waals surface area (Å²) in [7, 11) is 0. The second-order valence-corrected chi connectivity index (χ2v) is 6.31. The Bertz CT molecular complexity index is 281. The number of hydrogen-bond acceptors (Lipinski definition) is 3. The van der Waals surface area contributed by atoms with E-state index in [-0.39, 0.29) is 11.9 Å². The van der Waals surface area contributed by atoms with E-state index in [1.54, 1.807) is 0 Å². The average molecular weight is 253 g/mol. The van der Waals surface area contributed by atoms with Crippen LogP contribution in [0.5, 0.6) is 0 Å². The smallest absolute Gasteiger partial charge is 0.239 e. The number of piperazine rings is 1. The first-order valence-corrected chi connectivity index (χ1v) is 7.33. The maximum absolute atomic E-state index is 12.2. The molecule has 4 heteroatoms. The number of nitrogens with two attached hydrogens (primary N) is 1. The van der Waals surface area contributed by atoms with Crippen LogP contribution in [-0.2, 0) is 4.79 Å². The molecule has 0 radical (unpaired) electrons. The van der Waals surface area contributed by atoms with Gasteiger partial charge in [0.25, 0.3) is 0 Å². The quantitative estimate of drug-likeness (QED) is 0.792. The Kier molecular flexibility index (Phi) is 4.62. The lowest BCUT2D eigenvalue weighted by atomic mass is 10.0. The largest absolute Gasteiger partial charge is 0.339 e. The van der Waals surface area contributed by atoms with Gasteiger partial charge in [-0.1, -0.05) is 13.8 Å². The molecule has 2 aliphatic rings. The Morgan fingerprint density at radius 2 is 1.83 bits per heavy atom. The van der Waals surface area contributed by atoms with Crippen LogP contribution in [0.1, 0.15) is 33.1 Å². The van der Waals surface area contributed by atoms with E-state index in [1.807, 2.05) is 4.90 Å².